The fourth-order valence-corrected chi connectivity index (χ4v) is 3.59. The van der Waals surface area contributed by atoms with Crippen molar-refractivity contribution in [2.75, 3.05) is 6.61 Å². The second-order valence-corrected chi connectivity index (χ2v) is 6.74. The highest BCUT2D eigenvalue weighted by Crippen LogP contribution is 2.29. The molecule has 1 heterocycles. The zero-order valence-electron chi connectivity index (χ0n) is 13.3. The summed E-state index contributed by atoms with van der Waals surface area (Å²) >= 11 is 0.722. The number of hydrogen-bond donors (Lipinski definition) is 1. The lowest BCUT2D eigenvalue weighted by Gasteiger charge is -2.26. The van der Waals surface area contributed by atoms with Gasteiger partial charge in [0.25, 0.3) is 5.91 Å². The van der Waals surface area contributed by atoms with Crippen molar-refractivity contribution in [3.63, 3.8) is 0 Å². The number of esters is 1. The molecule has 7 nitrogen and oxygen atoms in total. The number of amides is 1. The Balaban J connectivity index is 1.55. The van der Waals surface area contributed by atoms with Crippen LogP contribution >= 0.6 is 11.3 Å². The van der Waals surface area contributed by atoms with E-state index in [2.05, 4.69) is 11.4 Å². The van der Waals surface area contributed by atoms with E-state index in [1.807, 2.05) is 18.2 Å². The van der Waals surface area contributed by atoms with Crippen LogP contribution in [0.15, 0.2) is 36.4 Å². The molecule has 25 heavy (non-hydrogen) atoms. The van der Waals surface area contributed by atoms with Gasteiger partial charge in [0.15, 0.2) is 6.61 Å². The number of nitro groups is 1. The molecule has 0 spiro atoms. The lowest BCUT2D eigenvalue weighted by Crippen LogP contribution is -2.34. The Morgan fingerprint density at radius 1 is 1.28 bits per heavy atom. The molecule has 3 rings (SSSR count). The number of aryl methyl sites for hydroxylation is 1. The van der Waals surface area contributed by atoms with Crippen LogP contribution in [0.2, 0.25) is 0 Å². The minimum Gasteiger partial charge on any atom is -0.451 e. The third kappa shape index (κ3) is 4.03. The molecule has 0 bridgehead atoms. The third-order valence-corrected chi connectivity index (χ3v) is 5.03. The molecule has 8 heteroatoms. The Morgan fingerprint density at radius 3 is 2.84 bits per heavy atom. The van der Waals surface area contributed by atoms with Gasteiger partial charge in [0, 0.05) is 6.07 Å². The smallest absolute Gasteiger partial charge is 0.349 e. The molecule has 0 unspecified atom stereocenters. The van der Waals surface area contributed by atoms with Gasteiger partial charge >= 0.3 is 11.0 Å². The monoisotopic (exact) mass is 360 g/mol. The summed E-state index contributed by atoms with van der Waals surface area (Å²) in [6.45, 7) is -0.413. The minimum atomic E-state index is -0.739. The van der Waals surface area contributed by atoms with Gasteiger partial charge in [-0.1, -0.05) is 35.6 Å². The van der Waals surface area contributed by atoms with Crippen molar-refractivity contribution in [3.8, 4) is 0 Å². The predicted molar refractivity (Wildman–Crippen MR) is 91.5 cm³/mol. The van der Waals surface area contributed by atoms with Gasteiger partial charge in [0.1, 0.15) is 4.88 Å². The van der Waals surface area contributed by atoms with Crippen LogP contribution in [0, 0.1) is 10.1 Å². The average molecular weight is 360 g/mol. The zero-order valence-corrected chi connectivity index (χ0v) is 14.1. The first-order valence-electron chi connectivity index (χ1n) is 7.83. The zero-order chi connectivity index (χ0) is 17.8. The Hall–Kier alpha value is -2.74. The van der Waals surface area contributed by atoms with Crippen molar-refractivity contribution in [1.82, 2.24) is 5.32 Å². The SMILES string of the molecule is O=C(COC(=O)c1ccc([N+](=O)[O-])s1)N[C@H]1CCCc2ccccc21. The number of benzene rings is 1. The summed E-state index contributed by atoms with van der Waals surface area (Å²) < 4.78 is 4.95. The molecule has 1 aliphatic rings. The summed E-state index contributed by atoms with van der Waals surface area (Å²) in [7, 11) is 0. The molecule has 0 radical (unpaired) electrons. The van der Waals surface area contributed by atoms with Crippen LogP contribution in [0.5, 0.6) is 0 Å². The van der Waals surface area contributed by atoms with Crippen LogP contribution in [-0.4, -0.2) is 23.4 Å². The van der Waals surface area contributed by atoms with E-state index in [0.717, 1.165) is 36.2 Å². The van der Waals surface area contributed by atoms with Gasteiger partial charge in [-0.15, -0.1) is 0 Å². The summed E-state index contributed by atoms with van der Waals surface area (Å²) in [6, 6.07) is 10.4. The van der Waals surface area contributed by atoms with E-state index < -0.39 is 17.5 Å². The van der Waals surface area contributed by atoms with Crippen molar-refractivity contribution in [3.05, 3.63) is 62.5 Å². The van der Waals surface area contributed by atoms with Crippen molar-refractivity contribution in [2.24, 2.45) is 0 Å². The van der Waals surface area contributed by atoms with Gasteiger partial charge < -0.3 is 10.1 Å². The van der Waals surface area contributed by atoms with Crippen molar-refractivity contribution >= 4 is 28.2 Å². The first-order chi connectivity index (χ1) is 12.0. The van der Waals surface area contributed by atoms with Gasteiger partial charge in [-0.05, 0) is 36.5 Å². The highest BCUT2D eigenvalue weighted by Gasteiger charge is 2.22. The molecular formula is C17H16N2O5S. The third-order valence-electron chi connectivity index (χ3n) is 4.01. The van der Waals surface area contributed by atoms with Crippen LogP contribution in [0.1, 0.15) is 39.7 Å². The maximum absolute atomic E-state index is 12.1. The molecular weight excluding hydrogens is 344 g/mol. The van der Waals surface area contributed by atoms with E-state index in [-0.39, 0.29) is 21.8 Å². The van der Waals surface area contributed by atoms with E-state index >= 15 is 0 Å². The molecule has 130 valence electrons. The highest BCUT2D eigenvalue weighted by molar-refractivity contribution is 7.17. The highest BCUT2D eigenvalue weighted by atomic mass is 32.1. The number of rotatable bonds is 5. The molecule has 1 N–H and O–H groups in total. The van der Waals surface area contributed by atoms with Gasteiger partial charge in [0.05, 0.1) is 11.0 Å². The normalized spacial score (nSPS) is 15.9. The van der Waals surface area contributed by atoms with Crippen molar-refractivity contribution < 1.29 is 19.2 Å². The fraction of sp³-hybridized carbons (Fsp3) is 0.294. The molecule has 1 aromatic heterocycles. The fourth-order valence-electron chi connectivity index (χ4n) is 2.88. The van der Waals surface area contributed by atoms with Crippen LogP contribution in [0.4, 0.5) is 5.00 Å². The van der Waals surface area contributed by atoms with Crippen molar-refractivity contribution in [1.29, 1.82) is 0 Å². The number of thiophene rings is 1. The average Bonchev–Trinajstić information content (AvgIpc) is 3.10. The number of carbonyl (C=O) groups is 2. The topological polar surface area (TPSA) is 98.5 Å². The number of hydrogen-bond acceptors (Lipinski definition) is 6. The summed E-state index contributed by atoms with van der Waals surface area (Å²) in [5, 5.41) is 13.4. The maximum atomic E-state index is 12.1. The largest absolute Gasteiger partial charge is 0.451 e. The number of nitrogens with zero attached hydrogens (tertiary/aromatic N) is 1. The second kappa shape index (κ2) is 7.43. The second-order valence-electron chi connectivity index (χ2n) is 5.68. The quantitative estimate of drug-likeness (QED) is 0.502. The molecule has 0 aliphatic heterocycles. The summed E-state index contributed by atoms with van der Waals surface area (Å²) in [5.74, 6) is -1.13. The Bertz CT molecular complexity index is 817. The van der Waals surface area contributed by atoms with Gasteiger partial charge in [0.2, 0.25) is 0 Å². The number of nitrogens with one attached hydrogen (secondary N) is 1. The maximum Gasteiger partial charge on any atom is 0.349 e. The van der Waals surface area contributed by atoms with Crippen LogP contribution < -0.4 is 5.32 Å². The number of carbonyl (C=O) groups excluding carboxylic acids is 2. The molecule has 1 aliphatic carbocycles. The molecule has 1 atom stereocenters. The van der Waals surface area contributed by atoms with E-state index in [0.29, 0.717) is 0 Å². The molecule has 1 amide bonds. The lowest BCUT2D eigenvalue weighted by molar-refractivity contribution is -0.380. The van der Waals surface area contributed by atoms with Gasteiger partial charge in [-0.25, -0.2) is 4.79 Å². The number of ether oxygens (including phenoxy) is 1. The Morgan fingerprint density at radius 2 is 2.08 bits per heavy atom. The Labute approximate surface area is 147 Å². The van der Waals surface area contributed by atoms with Gasteiger partial charge in [-0.3, -0.25) is 14.9 Å². The molecule has 2 aromatic rings. The van der Waals surface area contributed by atoms with Crippen LogP contribution in [-0.2, 0) is 16.0 Å². The summed E-state index contributed by atoms with van der Waals surface area (Å²) in [4.78, 5) is 34.1. The van der Waals surface area contributed by atoms with E-state index in [9.17, 15) is 19.7 Å². The summed E-state index contributed by atoms with van der Waals surface area (Å²) in [5.41, 5.74) is 2.32. The first-order valence-corrected chi connectivity index (χ1v) is 8.65. The van der Waals surface area contributed by atoms with E-state index in [1.54, 1.807) is 0 Å². The van der Waals surface area contributed by atoms with Crippen LogP contribution in [0.25, 0.3) is 0 Å². The summed E-state index contributed by atoms with van der Waals surface area (Å²) in [6.07, 6.45) is 2.82. The lowest BCUT2D eigenvalue weighted by atomic mass is 9.88. The molecule has 0 saturated heterocycles. The Kier molecular flexibility index (Phi) is 5.08. The van der Waals surface area contributed by atoms with Crippen LogP contribution in [0.3, 0.4) is 0 Å². The van der Waals surface area contributed by atoms with E-state index in [1.165, 1.54) is 17.7 Å². The molecule has 0 fully saturated rings. The first kappa shape index (κ1) is 17.1. The predicted octanol–water partition coefficient (Wildman–Crippen LogP) is 3.01. The van der Waals surface area contributed by atoms with Gasteiger partial charge in [-0.2, -0.15) is 0 Å². The standard InChI is InChI=1S/C17H16N2O5S/c20-15(10-24-17(21)14-8-9-16(25-14)19(22)23)18-13-7-3-5-11-4-1-2-6-12(11)13/h1-2,4,6,8-9,13H,3,5,7,10H2,(H,18,20)/t13-/m0/s1. The minimum absolute atomic E-state index is 0.0843. The van der Waals surface area contributed by atoms with Crippen molar-refractivity contribution in [2.45, 2.75) is 25.3 Å². The molecule has 0 saturated carbocycles. The molecule has 1 aromatic carbocycles. The van der Waals surface area contributed by atoms with E-state index in [4.69, 9.17) is 4.74 Å². The number of fused-ring (bicyclic) bond motifs is 1.